The van der Waals surface area contributed by atoms with E-state index in [2.05, 4.69) is 12.1 Å². The van der Waals surface area contributed by atoms with Crippen LogP contribution in [0, 0.1) is 13.8 Å². The molecule has 174 valence electrons. The van der Waals surface area contributed by atoms with E-state index in [1.54, 1.807) is 12.0 Å². The number of ether oxygens (including phenoxy) is 2. The predicted octanol–water partition coefficient (Wildman–Crippen LogP) is 6.51. The van der Waals surface area contributed by atoms with Crippen LogP contribution in [0.3, 0.4) is 0 Å². The first-order chi connectivity index (χ1) is 16.5. The van der Waals surface area contributed by atoms with Gasteiger partial charge in [-0.3, -0.25) is 9.69 Å². The zero-order valence-corrected chi connectivity index (χ0v) is 20.7. The number of carbonyl (C=O) groups excluding carboxylic acids is 1. The second-order valence-electron chi connectivity index (χ2n) is 8.03. The van der Waals surface area contributed by atoms with E-state index in [4.69, 9.17) is 14.5 Å². The molecule has 0 N–H and O–H groups in total. The highest BCUT2D eigenvalue weighted by atomic mass is 32.2. The van der Waals surface area contributed by atoms with Gasteiger partial charge in [0, 0.05) is 6.54 Å². The molecule has 1 heterocycles. The zero-order valence-electron chi connectivity index (χ0n) is 19.9. The van der Waals surface area contributed by atoms with Gasteiger partial charge in [-0.05, 0) is 79.1 Å². The van der Waals surface area contributed by atoms with Crippen LogP contribution in [0.1, 0.15) is 29.2 Å². The number of methoxy groups -OCH3 is 1. The minimum Gasteiger partial charge on any atom is -0.493 e. The largest absolute Gasteiger partial charge is 0.493 e. The first-order valence-corrected chi connectivity index (χ1v) is 12.0. The van der Waals surface area contributed by atoms with Gasteiger partial charge in [-0.15, -0.1) is 0 Å². The standard InChI is InChI=1S/C28H28N2O3S/c1-5-30-27(31)26(34-28(30)29-23-15-19(2)11-12-20(23)3)17-22-13-14-24(25(16-22)32-4)33-18-21-9-7-6-8-10-21/h6-17H,5,18H2,1-4H3/b26-17+,29-28?. The molecular formula is C28H28N2O3S. The third-order valence-electron chi connectivity index (χ3n) is 5.51. The highest BCUT2D eigenvalue weighted by Crippen LogP contribution is 2.36. The molecule has 1 aliphatic heterocycles. The van der Waals surface area contributed by atoms with Gasteiger partial charge >= 0.3 is 0 Å². The normalized spacial score (nSPS) is 15.9. The van der Waals surface area contributed by atoms with Gasteiger partial charge in [0.05, 0.1) is 17.7 Å². The Hall–Kier alpha value is -3.51. The maximum atomic E-state index is 13.1. The van der Waals surface area contributed by atoms with Gasteiger partial charge in [0.25, 0.3) is 5.91 Å². The van der Waals surface area contributed by atoms with Gasteiger partial charge < -0.3 is 9.47 Å². The third-order valence-corrected chi connectivity index (χ3v) is 6.51. The van der Waals surface area contributed by atoms with Crippen LogP contribution in [0.2, 0.25) is 0 Å². The number of thioether (sulfide) groups is 1. The quantitative estimate of drug-likeness (QED) is 0.368. The number of amides is 1. The summed E-state index contributed by atoms with van der Waals surface area (Å²) < 4.78 is 11.5. The van der Waals surface area contributed by atoms with Crippen molar-refractivity contribution in [1.82, 2.24) is 4.90 Å². The minimum atomic E-state index is -0.0417. The lowest BCUT2D eigenvalue weighted by Crippen LogP contribution is -2.28. The van der Waals surface area contributed by atoms with Crippen molar-refractivity contribution >= 4 is 34.6 Å². The number of hydrogen-bond donors (Lipinski definition) is 0. The second-order valence-corrected chi connectivity index (χ2v) is 9.04. The fourth-order valence-electron chi connectivity index (χ4n) is 3.59. The summed E-state index contributed by atoms with van der Waals surface area (Å²) in [5.74, 6) is 1.24. The Morgan fingerprint density at radius 3 is 2.53 bits per heavy atom. The van der Waals surface area contributed by atoms with E-state index in [1.807, 2.05) is 81.4 Å². The fourth-order valence-corrected chi connectivity index (χ4v) is 4.65. The second kappa shape index (κ2) is 10.6. The van der Waals surface area contributed by atoms with E-state index < -0.39 is 0 Å². The number of nitrogens with zero attached hydrogens (tertiary/aromatic N) is 2. The molecule has 3 aromatic rings. The molecule has 0 saturated carbocycles. The molecule has 5 nitrogen and oxygen atoms in total. The maximum absolute atomic E-state index is 13.1. The number of benzene rings is 3. The Bertz CT molecular complexity index is 1250. The summed E-state index contributed by atoms with van der Waals surface area (Å²) in [6.07, 6.45) is 1.88. The third kappa shape index (κ3) is 5.34. The lowest BCUT2D eigenvalue weighted by Gasteiger charge is -2.13. The highest BCUT2D eigenvalue weighted by molar-refractivity contribution is 8.18. The van der Waals surface area contributed by atoms with Crippen LogP contribution in [0.5, 0.6) is 11.5 Å². The van der Waals surface area contributed by atoms with E-state index in [-0.39, 0.29) is 5.91 Å². The molecule has 1 fully saturated rings. The number of aliphatic imine (C=N–C) groups is 1. The van der Waals surface area contributed by atoms with Crippen molar-refractivity contribution in [2.75, 3.05) is 13.7 Å². The Morgan fingerprint density at radius 1 is 1.00 bits per heavy atom. The summed E-state index contributed by atoms with van der Waals surface area (Å²) in [7, 11) is 1.62. The van der Waals surface area contributed by atoms with Crippen molar-refractivity contribution in [2.24, 2.45) is 4.99 Å². The molecule has 1 saturated heterocycles. The van der Waals surface area contributed by atoms with Crippen LogP contribution in [-0.4, -0.2) is 29.6 Å². The molecule has 0 bridgehead atoms. The number of likely N-dealkylation sites (N-methyl/N-ethyl adjacent to an activating group) is 1. The van der Waals surface area contributed by atoms with Crippen LogP contribution >= 0.6 is 11.8 Å². The lowest BCUT2D eigenvalue weighted by molar-refractivity contribution is -0.122. The molecule has 0 radical (unpaired) electrons. The summed E-state index contributed by atoms with van der Waals surface area (Å²) >= 11 is 1.40. The van der Waals surface area contributed by atoms with Crippen molar-refractivity contribution < 1.29 is 14.3 Å². The molecule has 6 heteroatoms. The number of carbonyl (C=O) groups is 1. The molecule has 0 atom stereocenters. The number of rotatable bonds is 7. The number of amidine groups is 1. The summed E-state index contributed by atoms with van der Waals surface area (Å²) in [6.45, 7) is 7.04. The monoisotopic (exact) mass is 472 g/mol. The zero-order chi connectivity index (χ0) is 24.1. The molecule has 0 aliphatic carbocycles. The summed E-state index contributed by atoms with van der Waals surface area (Å²) in [4.78, 5) is 20.2. The van der Waals surface area contributed by atoms with Gasteiger partial charge in [0.15, 0.2) is 16.7 Å². The fraction of sp³-hybridized carbons (Fsp3) is 0.214. The topological polar surface area (TPSA) is 51.1 Å². The van der Waals surface area contributed by atoms with E-state index in [1.165, 1.54) is 11.8 Å². The number of aryl methyl sites for hydroxylation is 2. The Morgan fingerprint density at radius 2 is 1.79 bits per heavy atom. The van der Waals surface area contributed by atoms with Crippen LogP contribution in [0.25, 0.3) is 6.08 Å². The Kier molecular flexibility index (Phi) is 7.38. The van der Waals surface area contributed by atoms with Crippen LogP contribution in [0.15, 0.2) is 76.6 Å². The first kappa shape index (κ1) is 23.6. The Labute approximate surface area is 205 Å². The molecule has 34 heavy (non-hydrogen) atoms. The van der Waals surface area contributed by atoms with Crippen molar-refractivity contribution in [3.63, 3.8) is 0 Å². The minimum absolute atomic E-state index is 0.0417. The van der Waals surface area contributed by atoms with Crippen molar-refractivity contribution in [2.45, 2.75) is 27.4 Å². The molecule has 1 aliphatic rings. The van der Waals surface area contributed by atoms with Gasteiger partial charge in [0.2, 0.25) is 0 Å². The summed E-state index contributed by atoms with van der Waals surface area (Å²) in [5.41, 5.74) is 5.05. The van der Waals surface area contributed by atoms with Gasteiger partial charge in [0.1, 0.15) is 6.61 Å². The molecule has 0 unspecified atom stereocenters. The predicted molar refractivity (Wildman–Crippen MR) is 140 cm³/mol. The molecule has 4 rings (SSSR count). The van der Waals surface area contributed by atoms with E-state index in [0.29, 0.717) is 34.7 Å². The first-order valence-electron chi connectivity index (χ1n) is 11.2. The molecule has 0 aromatic heterocycles. The number of hydrogen-bond acceptors (Lipinski definition) is 5. The summed E-state index contributed by atoms with van der Waals surface area (Å²) in [6, 6.07) is 21.8. The van der Waals surface area contributed by atoms with Crippen LogP contribution in [0.4, 0.5) is 5.69 Å². The van der Waals surface area contributed by atoms with Crippen LogP contribution in [-0.2, 0) is 11.4 Å². The van der Waals surface area contributed by atoms with E-state index in [0.717, 1.165) is 27.9 Å². The highest BCUT2D eigenvalue weighted by Gasteiger charge is 2.32. The van der Waals surface area contributed by atoms with E-state index in [9.17, 15) is 4.79 Å². The smallest absolute Gasteiger partial charge is 0.266 e. The van der Waals surface area contributed by atoms with Crippen molar-refractivity contribution in [3.05, 3.63) is 93.9 Å². The molecular weight excluding hydrogens is 444 g/mol. The van der Waals surface area contributed by atoms with Gasteiger partial charge in [-0.1, -0.05) is 48.5 Å². The molecule has 1 amide bonds. The average Bonchev–Trinajstić information content (AvgIpc) is 3.14. The molecule has 3 aromatic carbocycles. The van der Waals surface area contributed by atoms with Crippen molar-refractivity contribution in [3.8, 4) is 11.5 Å². The van der Waals surface area contributed by atoms with Gasteiger partial charge in [-0.2, -0.15) is 0 Å². The Balaban J connectivity index is 1.57. The lowest BCUT2D eigenvalue weighted by atomic mass is 10.1. The summed E-state index contributed by atoms with van der Waals surface area (Å²) in [5, 5.41) is 0.697. The maximum Gasteiger partial charge on any atom is 0.266 e. The van der Waals surface area contributed by atoms with Crippen molar-refractivity contribution in [1.29, 1.82) is 0 Å². The average molecular weight is 473 g/mol. The SMILES string of the molecule is CCN1C(=O)/C(=C\c2ccc(OCc3ccccc3)c(OC)c2)SC1=Nc1cc(C)ccc1C. The van der Waals surface area contributed by atoms with E-state index >= 15 is 0 Å². The van der Waals surface area contributed by atoms with Gasteiger partial charge in [-0.25, -0.2) is 4.99 Å². The molecule has 0 spiro atoms. The van der Waals surface area contributed by atoms with Crippen LogP contribution < -0.4 is 9.47 Å².